The van der Waals surface area contributed by atoms with Gasteiger partial charge in [-0.15, -0.1) is 0 Å². The lowest BCUT2D eigenvalue weighted by atomic mass is 9.92. The van der Waals surface area contributed by atoms with Crippen LogP contribution in [0, 0.1) is 5.92 Å². The molecule has 46 heavy (non-hydrogen) atoms. The molecule has 4 aromatic rings. The Morgan fingerprint density at radius 2 is 1.83 bits per heavy atom. The number of amides is 2. The molecule has 0 spiro atoms. The summed E-state index contributed by atoms with van der Waals surface area (Å²) in [6.45, 7) is 14.0. The van der Waals surface area contributed by atoms with Crippen LogP contribution in [-0.4, -0.2) is 60.6 Å². The molecule has 242 valence electrons. The van der Waals surface area contributed by atoms with Gasteiger partial charge in [-0.05, 0) is 60.3 Å². The molecule has 3 N–H and O–H groups in total. The summed E-state index contributed by atoms with van der Waals surface area (Å²) in [6, 6.07) is 17.4. The summed E-state index contributed by atoms with van der Waals surface area (Å²) in [7, 11) is -2.17. The van der Waals surface area contributed by atoms with Gasteiger partial charge in [-0.1, -0.05) is 58.0 Å². The SMILES string of the molecule is CC1CN(c2ccncc2NC(=O)c2ccc3cc(C4CC4c4ccccc4)oc3n2)CC(NC(=O)O)C1O[Si](C)(C)C(C)(C)C. The minimum atomic E-state index is -2.17. The first kappa shape index (κ1) is 31.7. The maximum Gasteiger partial charge on any atom is 0.405 e. The van der Waals surface area contributed by atoms with Crippen LogP contribution in [0.4, 0.5) is 16.2 Å². The molecular weight excluding hydrogens is 599 g/mol. The Labute approximate surface area is 270 Å². The fourth-order valence-corrected chi connectivity index (χ4v) is 7.66. The summed E-state index contributed by atoms with van der Waals surface area (Å²) in [4.78, 5) is 36.3. The Hall–Kier alpha value is -4.22. The topological polar surface area (TPSA) is 130 Å². The van der Waals surface area contributed by atoms with E-state index in [4.69, 9.17) is 8.84 Å². The summed E-state index contributed by atoms with van der Waals surface area (Å²) in [5.41, 5.74) is 3.25. The maximum absolute atomic E-state index is 13.5. The van der Waals surface area contributed by atoms with Gasteiger partial charge in [-0.2, -0.15) is 0 Å². The van der Waals surface area contributed by atoms with Crippen LogP contribution in [0.5, 0.6) is 0 Å². The zero-order valence-corrected chi connectivity index (χ0v) is 28.3. The van der Waals surface area contributed by atoms with E-state index in [9.17, 15) is 14.7 Å². The first-order valence-electron chi connectivity index (χ1n) is 15.9. The number of fused-ring (bicyclic) bond motifs is 1. The number of anilines is 2. The Morgan fingerprint density at radius 1 is 1.07 bits per heavy atom. The van der Waals surface area contributed by atoms with Gasteiger partial charge in [0.2, 0.25) is 5.71 Å². The molecule has 10 nitrogen and oxygen atoms in total. The monoisotopic (exact) mass is 641 g/mol. The lowest BCUT2D eigenvalue weighted by Gasteiger charge is -2.48. The van der Waals surface area contributed by atoms with Crippen LogP contribution in [0.25, 0.3) is 11.1 Å². The molecule has 6 rings (SSSR count). The summed E-state index contributed by atoms with van der Waals surface area (Å²) in [6.07, 6.45) is 2.94. The van der Waals surface area contributed by atoms with Crippen molar-refractivity contribution in [1.82, 2.24) is 15.3 Å². The van der Waals surface area contributed by atoms with Crippen LogP contribution in [0.3, 0.4) is 0 Å². The molecule has 5 atom stereocenters. The summed E-state index contributed by atoms with van der Waals surface area (Å²) >= 11 is 0. The third kappa shape index (κ3) is 6.52. The number of furan rings is 1. The van der Waals surface area contributed by atoms with Crippen molar-refractivity contribution in [2.45, 2.75) is 76.2 Å². The van der Waals surface area contributed by atoms with E-state index in [1.165, 1.54) is 5.56 Å². The number of carbonyl (C=O) groups is 2. The van der Waals surface area contributed by atoms with Gasteiger partial charge in [0, 0.05) is 36.5 Å². The molecule has 2 aliphatic rings. The van der Waals surface area contributed by atoms with Gasteiger partial charge < -0.3 is 29.5 Å². The third-order valence-corrected chi connectivity index (χ3v) is 14.3. The molecule has 5 unspecified atom stereocenters. The van der Waals surface area contributed by atoms with Gasteiger partial charge in [0.1, 0.15) is 11.5 Å². The van der Waals surface area contributed by atoms with Crippen LogP contribution >= 0.6 is 0 Å². The van der Waals surface area contributed by atoms with Gasteiger partial charge in [0.25, 0.3) is 5.91 Å². The van der Waals surface area contributed by atoms with E-state index in [1.807, 2.05) is 24.3 Å². The molecule has 1 aliphatic carbocycles. The number of benzene rings is 1. The molecule has 4 heterocycles. The van der Waals surface area contributed by atoms with Gasteiger partial charge >= 0.3 is 6.09 Å². The van der Waals surface area contributed by atoms with E-state index >= 15 is 0 Å². The zero-order valence-electron chi connectivity index (χ0n) is 27.3. The smallest absolute Gasteiger partial charge is 0.405 e. The minimum Gasteiger partial charge on any atom is -0.465 e. The number of rotatable bonds is 8. The summed E-state index contributed by atoms with van der Waals surface area (Å²) in [5.74, 6) is 1.27. The Bertz CT molecular complexity index is 1740. The number of hydrogen-bond acceptors (Lipinski definition) is 7. The average molecular weight is 642 g/mol. The van der Waals surface area contributed by atoms with E-state index in [-0.39, 0.29) is 28.7 Å². The molecular formula is C35H43N5O5Si. The number of piperidine rings is 1. The second kappa shape index (κ2) is 12.2. The number of hydrogen-bond donors (Lipinski definition) is 3. The number of carboxylic acid groups (broad SMARTS) is 1. The molecule has 11 heteroatoms. The highest BCUT2D eigenvalue weighted by Gasteiger charge is 2.45. The van der Waals surface area contributed by atoms with Crippen molar-refractivity contribution >= 4 is 42.8 Å². The number of carbonyl (C=O) groups excluding carboxylic acids is 1. The standard InChI is InChI=1S/C35H43N5O5Si/c1-21-19-40(20-28(39-34(42)43)31(21)45-46(5,6)35(2,3)4)29-14-15-36-18-27(29)37-32(41)26-13-12-23-16-30(44-33(23)38-26)25-17-24(25)22-10-8-7-9-11-22/h7-16,18,21,24-25,28,31,39H,17,19-20H2,1-6H3,(H,37,41)(H,42,43). The van der Waals surface area contributed by atoms with E-state index in [1.54, 1.807) is 18.5 Å². The predicted molar refractivity (Wildman–Crippen MR) is 181 cm³/mol. The van der Waals surface area contributed by atoms with Gasteiger partial charge in [0.05, 0.1) is 29.7 Å². The highest BCUT2D eigenvalue weighted by atomic mass is 28.4. The Morgan fingerprint density at radius 3 is 2.54 bits per heavy atom. The molecule has 1 aromatic carbocycles. The zero-order chi connectivity index (χ0) is 32.8. The lowest BCUT2D eigenvalue weighted by molar-refractivity contribution is 0.0722. The third-order valence-electron chi connectivity index (χ3n) is 9.83. The maximum atomic E-state index is 13.5. The summed E-state index contributed by atoms with van der Waals surface area (Å²) in [5, 5.41) is 16.3. The molecule has 1 saturated carbocycles. The average Bonchev–Trinajstić information content (AvgIpc) is 3.69. The van der Waals surface area contributed by atoms with Crippen molar-refractivity contribution in [2.75, 3.05) is 23.3 Å². The van der Waals surface area contributed by atoms with Crippen molar-refractivity contribution in [1.29, 1.82) is 0 Å². The Kier molecular flexibility index (Phi) is 8.41. The molecule has 0 radical (unpaired) electrons. The van der Waals surface area contributed by atoms with Crippen molar-refractivity contribution < 1.29 is 23.5 Å². The molecule has 1 saturated heterocycles. The Balaban J connectivity index is 1.18. The van der Waals surface area contributed by atoms with E-state index < -0.39 is 20.5 Å². The molecule has 2 fully saturated rings. The first-order chi connectivity index (χ1) is 21.8. The predicted octanol–water partition coefficient (Wildman–Crippen LogP) is 7.23. The summed E-state index contributed by atoms with van der Waals surface area (Å²) < 4.78 is 12.9. The molecule has 3 aromatic heterocycles. The fraction of sp³-hybridized carbons (Fsp3) is 0.429. The fourth-order valence-electron chi connectivity index (χ4n) is 6.23. The van der Waals surface area contributed by atoms with Crippen molar-refractivity contribution in [3.8, 4) is 0 Å². The minimum absolute atomic E-state index is 0.0154. The van der Waals surface area contributed by atoms with Crippen LogP contribution in [0.2, 0.25) is 18.1 Å². The highest BCUT2D eigenvalue weighted by molar-refractivity contribution is 6.74. The van der Waals surface area contributed by atoms with E-state index in [0.29, 0.717) is 36.3 Å². The second-order valence-electron chi connectivity index (χ2n) is 14.2. The van der Waals surface area contributed by atoms with Gasteiger partial charge in [0.15, 0.2) is 8.32 Å². The molecule has 1 aliphatic heterocycles. The number of pyridine rings is 2. The number of nitrogens with zero attached hydrogens (tertiary/aromatic N) is 3. The molecule has 2 amide bonds. The first-order valence-corrected chi connectivity index (χ1v) is 18.8. The van der Waals surface area contributed by atoms with Gasteiger partial charge in [-0.3, -0.25) is 9.78 Å². The molecule has 0 bridgehead atoms. The largest absolute Gasteiger partial charge is 0.465 e. The van der Waals surface area contributed by atoms with E-state index in [0.717, 1.165) is 23.3 Å². The van der Waals surface area contributed by atoms with Crippen LogP contribution in [0.15, 0.2) is 71.4 Å². The number of nitrogens with one attached hydrogen (secondary N) is 2. The van der Waals surface area contributed by atoms with Crippen molar-refractivity contribution in [3.05, 3.63) is 84.0 Å². The van der Waals surface area contributed by atoms with Crippen molar-refractivity contribution in [3.63, 3.8) is 0 Å². The lowest BCUT2D eigenvalue weighted by Crippen LogP contribution is -2.62. The quantitative estimate of drug-likeness (QED) is 0.172. The normalized spacial score (nSPS) is 23.3. The second-order valence-corrected chi connectivity index (χ2v) is 19.0. The van der Waals surface area contributed by atoms with Gasteiger partial charge in [-0.25, -0.2) is 9.78 Å². The number of aromatic nitrogens is 2. The van der Waals surface area contributed by atoms with Crippen LogP contribution < -0.4 is 15.5 Å². The van der Waals surface area contributed by atoms with E-state index in [2.05, 4.69) is 90.6 Å². The van der Waals surface area contributed by atoms with Crippen LogP contribution in [-0.2, 0) is 4.43 Å². The van der Waals surface area contributed by atoms with Crippen molar-refractivity contribution in [2.24, 2.45) is 5.92 Å². The van der Waals surface area contributed by atoms with Crippen LogP contribution in [0.1, 0.15) is 67.8 Å². The highest BCUT2D eigenvalue weighted by Crippen LogP contribution is 2.55.